The Labute approximate surface area is 134 Å². The van der Waals surface area contributed by atoms with Crippen molar-refractivity contribution < 1.29 is 8.42 Å². The molecule has 0 unspecified atom stereocenters. The van der Waals surface area contributed by atoms with E-state index in [0.29, 0.717) is 6.54 Å². The van der Waals surface area contributed by atoms with Crippen molar-refractivity contribution in [2.75, 3.05) is 11.6 Å². The van der Waals surface area contributed by atoms with E-state index >= 15 is 0 Å². The molecule has 0 atom stereocenters. The number of aromatic nitrogens is 2. The molecule has 2 rings (SSSR count). The fourth-order valence-corrected chi connectivity index (χ4v) is 3.15. The highest BCUT2D eigenvalue weighted by atomic mass is 79.9. The molecular formula is C12H11Br2N3O2S. The predicted molar refractivity (Wildman–Crippen MR) is 84.3 cm³/mol. The molecule has 2 aromatic heterocycles. The van der Waals surface area contributed by atoms with Gasteiger partial charge in [-0.3, -0.25) is 4.98 Å². The molecule has 0 spiro atoms. The number of nitrogens with zero attached hydrogens (tertiary/aromatic N) is 2. The lowest BCUT2D eigenvalue weighted by Crippen LogP contribution is -2.04. The fraction of sp³-hybridized carbons (Fsp3) is 0.167. The van der Waals surface area contributed by atoms with Crippen LogP contribution in [0.4, 0.5) is 5.69 Å². The average molecular weight is 421 g/mol. The zero-order valence-corrected chi connectivity index (χ0v) is 14.5. The topological polar surface area (TPSA) is 72.0 Å². The van der Waals surface area contributed by atoms with Crippen molar-refractivity contribution in [3.05, 3.63) is 45.2 Å². The molecular weight excluding hydrogens is 410 g/mol. The van der Waals surface area contributed by atoms with E-state index in [1.807, 2.05) is 6.07 Å². The smallest absolute Gasteiger partial charge is 0.192 e. The standard InChI is InChI=1S/C12H11Br2N3O2S/c1-20(18,19)12-3-2-9(6-17-12)15-7-11-10(14)4-8(13)5-16-11/h2-6,15H,7H2,1H3. The van der Waals surface area contributed by atoms with Crippen LogP contribution >= 0.6 is 31.9 Å². The number of rotatable bonds is 4. The lowest BCUT2D eigenvalue weighted by Gasteiger charge is -2.08. The highest BCUT2D eigenvalue weighted by molar-refractivity contribution is 9.11. The van der Waals surface area contributed by atoms with Crippen molar-refractivity contribution in [2.45, 2.75) is 11.6 Å². The van der Waals surface area contributed by atoms with Crippen LogP contribution in [0.15, 0.2) is 44.6 Å². The summed E-state index contributed by atoms with van der Waals surface area (Å²) in [4.78, 5) is 8.19. The first-order chi connectivity index (χ1) is 9.36. The van der Waals surface area contributed by atoms with Crippen LogP contribution in [0.1, 0.15) is 5.69 Å². The quantitative estimate of drug-likeness (QED) is 0.822. The van der Waals surface area contributed by atoms with Gasteiger partial charge in [-0.05, 0) is 50.1 Å². The lowest BCUT2D eigenvalue weighted by molar-refractivity contribution is 0.598. The number of anilines is 1. The van der Waals surface area contributed by atoms with Crippen molar-refractivity contribution >= 4 is 47.4 Å². The Kier molecular flexibility index (Phi) is 4.77. The van der Waals surface area contributed by atoms with E-state index < -0.39 is 9.84 Å². The van der Waals surface area contributed by atoms with E-state index in [1.165, 1.54) is 12.3 Å². The maximum Gasteiger partial charge on any atom is 0.192 e. The molecule has 0 aliphatic heterocycles. The molecule has 0 bridgehead atoms. The van der Waals surface area contributed by atoms with Gasteiger partial charge in [0, 0.05) is 21.4 Å². The summed E-state index contributed by atoms with van der Waals surface area (Å²) in [6.45, 7) is 0.508. The Bertz CT molecular complexity index is 718. The molecule has 2 heterocycles. The van der Waals surface area contributed by atoms with E-state index in [4.69, 9.17) is 0 Å². The summed E-state index contributed by atoms with van der Waals surface area (Å²) in [5.41, 5.74) is 1.58. The first-order valence-electron chi connectivity index (χ1n) is 5.56. The van der Waals surface area contributed by atoms with Crippen LogP contribution in [0.25, 0.3) is 0 Å². The monoisotopic (exact) mass is 419 g/mol. The zero-order chi connectivity index (χ0) is 14.8. The maximum absolute atomic E-state index is 11.3. The highest BCUT2D eigenvalue weighted by Crippen LogP contribution is 2.20. The second-order valence-corrected chi connectivity index (χ2v) is 7.83. The van der Waals surface area contributed by atoms with Gasteiger partial charge in [-0.1, -0.05) is 0 Å². The molecule has 8 heteroatoms. The normalized spacial score (nSPS) is 11.3. The minimum Gasteiger partial charge on any atom is -0.378 e. The minimum absolute atomic E-state index is 0.0611. The van der Waals surface area contributed by atoms with Gasteiger partial charge in [-0.2, -0.15) is 0 Å². The summed E-state index contributed by atoms with van der Waals surface area (Å²) in [6, 6.07) is 5.06. The van der Waals surface area contributed by atoms with Gasteiger partial charge in [-0.15, -0.1) is 0 Å². The van der Waals surface area contributed by atoms with Crippen LogP contribution in [0.5, 0.6) is 0 Å². The molecule has 0 aromatic carbocycles. The predicted octanol–water partition coefficient (Wildman–Crippen LogP) is 3.02. The van der Waals surface area contributed by atoms with Crippen molar-refractivity contribution in [1.29, 1.82) is 0 Å². The Morgan fingerprint density at radius 3 is 2.50 bits per heavy atom. The Balaban J connectivity index is 2.08. The van der Waals surface area contributed by atoms with Crippen LogP contribution < -0.4 is 5.32 Å². The molecule has 0 aliphatic carbocycles. The van der Waals surface area contributed by atoms with Gasteiger partial charge in [0.1, 0.15) is 0 Å². The van der Waals surface area contributed by atoms with Crippen LogP contribution in [0.2, 0.25) is 0 Å². The molecule has 20 heavy (non-hydrogen) atoms. The molecule has 106 valence electrons. The van der Waals surface area contributed by atoms with E-state index in [9.17, 15) is 8.42 Å². The third-order valence-corrected chi connectivity index (χ3v) is 4.58. The van der Waals surface area contributed by atoms with Gasteiger partial charge in [-0.25, -0.2) is 13.4 Å². The van der Waals surface area contributed by atoms with Gasteiger partial charge in [0.25, 0.3) is 0 Å². The average Bonchev–Trinajstić information content (AvgIpc) is 2.37. The maximum atomic E-state index is 11.3. The number of halogens is 2. The van der Waals surface area contributed by atoms with Gasteiger partial charge in [0.2, 0.25) is 0 Å². The summed E-state index contributed by atoms with van der Waals surface area (Å²) < 4.78 is 24.4. The third kappa shape index (κ3) is 4.00. The van der Waals surface area contributed by atoms with Crippen molar-refractivity contribution in [1.82, 2.24) is 9.97 Å². The summed E-state index contributed by atoms with van der Waals surface area (Å²) >= 11 is 6.77. The highest BCUT2D eigenvalue weighted by Gasteiger charge is 2.08. The molecule has 0 saturated carbocycles. The zero-order valence-electron chi connectivity index (χ0n) is 10.5. The van der Waals surface area contributed by atoms with Gasteiger partial charge in [0.05, 0.1) is 24.1 Å². The Hall–Kier alpha value is -0.990. The number of pyridine rings is 2. The van der Waals surface area contributed by atoms with Crippen molar-refractivity contribution in [3.8, 4) is 0 Å². The Morgan fingerprint density at radius 2 is 1.95 bits per heavy atom. The SMILES string of the molecule is CS(=O)(=O)c1ccc(NCc2ncc(Br)cc2Br)cn1. The Morgan fingerprint density at radius 1 is 1.20 bits per heavy atom. The summed E-state index contributed by atoms with van der Waals surface area (Å²) in [6.07, 6.45) is 4.33. The minimum atomic E-state index is -3.26. The number of sulfone groups is 1. The molecule has 0 radical (unpaired) electrons. The first kappa shape index (κ1) is 15.4. The molecule has 0 saturated heterocycles. The second kappa shape index (κ2) is 6.19. The van der Waals surface area contributed by atoms with Crippen LogP contribution in [-0.4, -0.2) is 24.6 Å². The van der Waals surface area contributed by atoms with Gasteiger partial charge < -0.3 is 5.32 Å². The summed E-state index contributed by atoms with van der Waals surface area (Å²) in [5.74, 6) is 0. The van der Waals surface area contributed by atoms with Crippen molar-refractivity contribution in [2.24, 2.45) is 0 Å². The number of hydrogen-bond acceptors (Lipinski definition) is 5. The largest absolute Gasteiger partial charge is 0.378 e. The van der Waals surface area contributed by atoms with Crippen LogP contribution in [0, 0.1) is 0 Å². The van der Waals surface area contributed by atoms with E-state index in [1.54, 1.807) is 12.3 Å². The van der Waals surface area contributed by atoms with Crippen LogP contribution in [-0.2, 0) is 16.4 Å². The third-order valence-electron chi connectivity index (χ3n) is 2.46. The molecule has 1 N–H and O–H groups in total. The molecule has 0 amide bonds. The molecule has 5 nitrogen and oxygen atoms in total. The summed E-state index contributed by atoms with van der Waals surface area (Å²) in [5, 5.41) is 3.20. The second-order valence-electron chi connectivity index (χ2n) is 4.09. The number of hydrogen-bond donors (Lipinski definition) is 1. The van der Waals surface area contributed by atoms with Crippen LogP contribution in [0.3, 0.4) is 0 Å². The molecule has 0 aliphatic rings. The summed E-state index contributed by atoms with van der Waals surface area (Å²) in [7, 11) is -3.26. The van der Waals surface area contributed by atoms with E-state index in [0.717, 1.165) is 26.6 Å². The molecule has 2 aromatic rings. The number of nitrogens with one attached hydrogen (secondary N) is 1. The fourth-order valence-electron chi connectivity index (χ4n) is 1.46. The van der Waals surface area contributed by atoms with E-state index in [2.05, 4.69) is 47.1 Å². The van der Waals surface area contributed by atoms with E-state index in [-0.39, 0.29) is 5.03 Å². The first-order valence-corrected chi connectivity index (χ1v) is 9.04. The lowest BCUT2D eigenvalue weighted by atomic mass is 10.3. The molecule has 0 fully saturated rings. The van der Waals surface area contributed by atoms with Crippen molar-refractivity contribution in [3.63, 3.8) is 0 Å². The van der Waals surface area contributed by atoms with Gasteiger partial charge >= 0.3 is 0 Å². The van der Waals surface area contributed by atoms with Gasteiger partial charge in [0.15, 0.2) is 14.9 Å².